The number of hydrogen-bond acceptors (Lipinski definition) is 5. The van der Waals surface area contributed by atoms with Gasteiger partial charge in [0.15, 0.2) is 0 Å². The van der Waals surface area contributed by atoms with E-state index in [9.17, 15) is 17.9 Å². The van der Waals surface area contributed by atoms with Crippen LogP contribution in [0.1, 0.15) is 38.3 Å². The van der Waals surface area contributed by atoms with Gasteiger partial charge >= 0.3 is 0 Å². The van der Waals surface area contributed by atoms with E-state index in [1.165, 1.54) is 22.5 Å². The lowest BCUT2D eigenvalue weighted by molar-refractivity contribution is 0.0752. The van der Waals surface area contributed by atoms with Crippen molar-refractivity contribution in [3.05, 3.63) is 59.4 Å². The van der Waals surface area contributed by atoms with Crippen LogP contribution in [0.4, 0.5) is 4.39 Å². The maximum absolute atomic E-state index is 13.5. The van der Waals surface area contributed by atoms with Gasteiger partial charge in [0.1, 0.15) is 22.6 Å². The second kappa shape index (κ2) is 11.3. The van der Waals surface area contributed by atoms with Crippen molar-refractivity contribution in [2.24, 2.45) is 5.92 Å². The van der Waals surface area contributed by atoms with Crippen molar-refractivity contribution in [3.8, 4) is 17.6 Å². The summed E-state index contributed by atoms with van der Waals surface area (Å²) in [6, 6.07) is 10.2. The Morgan fingerprint density at radius 1 is 1.24 bits per heavy atom. The Morgan fingerprint density at radius 3 is 2.59 bits per heavy atom. The van der Waals surface area contributed by atoms with Crippen LogP contribution >= 0.6 is 0 Å². The molecule has 1 aliphatic rings. The first kappa shape index (κ1) is 26.2. The van der Waals surface area contributed by atoms with Crippen molar-refractivity contribution in [1.82, 2.24) is 9.21 Å². The van der Waals surface area contributed by atoms with Gasteiger partial charge in [0.05, 0.1) is 6.61 Å². The Kier molecular flexibility index (Phi) is 8.72. The monoisotopic (exact) mass is 488 g/mol. The van der Waals surface area contributed by atoms with Crippen molar-refractivity contribution in [3.63, 3.8) is 0 Å². The molecule has 1 heterocycles. The summed E-state index contributed by atoms with van der Waals surface area (Å²) in [4.78, 5) is 2.23. The minimum Gasteiger partial charge on any atom is -0.487 e. The van der Waals surface area contributed by atoms with E-state index < -0.39 is 16.1 Å². The Hall–Kier alpha value is -2.44. The molecule has 6 nitrogen and oxygen atoms in total. The summed E-state index contributed by atoms with van der Waals surface area (Å²) in [6.07, 6.45) is 0.737. The molecule has 8 heteroatoms. The molecule has 3 atom stereocenters. The molecule has 1 N–H and O–H groups in total. The number of ether oxygens (including phenoxy) is 1. The zero-order chi connectivity index (χ0) is 24.9. The first-order valence-electron chi connectivity index (χ1n) is 11.5. The standard InChI is InChI=1S/C26H33FN2O4S/c1-5-13-28(4)17-25-19(2)16-29(20(3)18-30)34(31,32)26-12-11-22(15-24(26)33-25)10-9-21-7-6-8-23(27)14-21/h6-8,11-12,14-15,19-20,25,30H,5,13,16-18H2,1-4H3/t19-,20+,25-/m0/s1. The molecule has 34 heavy (non-hydrogen) atoms. The molecule has 0 saturated carbocycles. The first-order chi connectivity index (χ1) is 16.1. The summed E-state index contributed by atoms with van der Waals surface area (Å²) in [6.45, 7) is 7.27. The number of benzene rings is 2. The van der Waals surface area contributed by atoms with Crippen LogP contribution in [0, 0.1) is 23.6 Å². The molecule has 2 aromatic rings. The van der Waals surface area contributed by atoms with Crippen LogP contribution in [0.3, 0.4) is 0 Å². The van der Waals surface area contributed by atoms with Gasteiger partial charge in [-0.25, -0.2) is 12.8 Å². The topological polar surface area (TPSA) is 70.1 Å². The highest BCUT2D eigenvalue weighted by molar-refractivity contribution is 7.89. The molecule has 0 spiro atoms. The van der Waals surface area contributed by atoms with Gasteiger partial charge in [-0.15, -0.1) is 0 Å². The number of nitrogens with zero attached hydrogens (tertiary/aromatic N) is 2. The van der Waals surface area contributed by atoms with Crippen LogP contribution in [0.2, 0.25) is 0 Å². The summed E-state index contributed by atoms with van der Waals surface area (Å²) >= 11 is 0. The van der Waals surface area contributed by atoms with E-state index in [4.69, 9.17) is 4.74 Å². The van der Waals surface area contributed by atoms with Crippen molar-refractivity contribution < 1.29 is 22.7 Å². The normalized spacial score (nSPS) is 20.9. The number of rotatable bonds is 6. The summed E-state index contributed by atoms with van der Waals surface area (Å²) in [5, 5.41) is 9.75. The van der Waals surface area contributed by atoms with E-state index in [1.54, 1.807) is 31.2 Å². The molecule has 2 aromatic carbocycles. The molecule has 0 fully saturated rings. The van der Waals surface area contributed by atoms with E-state index >= 15 is 0 Å². The number of hydrogen-bond donors (Lipinski definition) is 1. The highest BCUT2D eigenvalue weighted by Gasteiger charge is 2.38. The number of likely N-dealkylation sites (N-methyl/N-ethyl adjacent to an activating group) is 1. The Morgan fingerprint density at radius 2 is 1.94 bits per heavy atom. The van der Waals surface area contributed by atoms with E-state index in [0.717, 1.165) is 13.0 Å². The average molecular weight is 489 g/mol. The van der Waals surface area contributed by atoms with E-state index in [-0.39, 0.29) is 41.6 Å². The molecule has 1 aliphatic heterocycles. The van der Waals surface area contributed by atoms with Crippen molar-refractivity contribution in [2.45, 2.75) is 44.2 Å². The lowest BCUT2D eigenvalue weighted by Crippen LogP contribution is -2.49. The van der Waals surface area contributed by atoms with Crippen LogP contribution in [-0.2, 0) is 10.0 Å². The van der Waals surface area contributed by atoms with Gasteiger partial charge in [-0.1, -0.05) is 31.8 Å². The third-order valence-electron chi connectivity index (χ3n) is 5.94. The van der Waals surface area contributed by atoms with Crippen LogP contribution in [-0.4, -0.2) is 68.2 Å². The number of sulfonamides is 1. The van der Waals surface area contributed by atoms with Crippen LogP contribution < -0.4 is 4.74 Å². The van der Waals surface area contributed by atoms with Gasteiger partial charge in [-0.05, 0) is 63.3 Å². The predicted octanol–water partition coefficient (Wildman–Crippen LogP) is 3.34. The zero-order valence-corrected chi connectivity index (χ0v) is 21.0. The predicted molar refractivity (Wildman–Crippen MR) is 131 cm³/mol. The fourth-order valence-corrected chi connectivity index (χ4v) is 5.84. The van der Waals surface area contributed by atoms with Gasteiger partial charge in [0, 0.05) is 36.2 Å². The van der Waals surface area contributed by atoms with Crippen molar-refractivity contribution in [2.75, 3.05) is 33.3 Å². The largest absolute Gasteiger partial charge is 0.487 e. The summed E-state index contributed by atoms with van der Waals surface area (Å²) in [5.41, 5.74) is 1.09. The lowest BCUT2D eigenvalue weighted by Gasteiger charge is -2.37. The van der Waals surface area contributed by atoms with Gasteiger partial charge < -0.3 is 14.7 Å². The molecule has 0 unspecified atom stereocenters. The quantitative estimate of drug-likeness (QED) is 0.632. The number of fused-ring (bicyclic) bond motifs is 1. The highest BCUT2D eigenvalue weighted by atomic mass is 32.2. The average Bonchev–Trinajstić information content (AvgIpc) is 2.79. The van der Waals surface area contributed by atoms with Gasteiger partial charge in [0.2, 0.25) is 10.0 Å². The van der Waals surface area contributed by atoms with Crippen LogP contribution in [0.15, 0.2) is 47.4 Å². The minimum absolute atomic E-state index is 0.0548. The number of halogens is 1. The zero-order valence-electron chi connectivity index (χ0n) is 20.2. The van der Waals surface area contributed by atoms with E-state index in [0.29, 0.717) is 17.7 Å². The molecule has 0 bridgehead atoms. The van der Waals surface area contributed by atoms with Crippen molar-refractivity contribution in [1.29, 1.82) is 0 Å². The Labute approximate surface area is 202 Å². The molecule has 0 radical (unpaired) electrons. The van der Waals surface area contributed by atoms with Crippen LogP contribution in [0.5, 0.6) is 5.75 Å². The summed E-state index contributed by atoms with van der Waals surface area (Å²) in [7, 11) is -1.88. The Bertz CT molecular complexity index is 1160. The fraction of sp³-hybridized carbons (Fsp3) is 0.462. The van der Waals surface area contributed by atoms with Gasteiger partial charge in [-0.2, -0.15) is 4.31 Å². The minimum atomic E-state index is -3.90. The van der Waals surface area contributed by atoms with E-state index in [1.807, 2.05) is 14.0 Å². The Balaban J connectivity index is 2.05. The maximum atomic E-state index is 13.5. The molecular weight excluding hydrogens is 455 g/mol. The SMILES string of the molecule is CCCN(C)C[C@@H]1Oc2cc(C#Cc3cccc(F)c3)ccc2S(=O)(=O)N([C@H](C)CO)C[C@@H]1C. The lowest BCUT2D eigenvalue weighted by atomic mass is 10.0. The second-order valence-corrected chi connectivity index (χ2v) is 10.8. The van der Waals surface area contributed by atoms with Crippen LogP contribution in [0.25, 0.3) is 0 Å². The third kappa shape index (κ3) is 6.16. The molecule has 3 rings (SSSR count). The van der Waals surface area contributed by atoms with Gasteiger partial charge in [0.25, 0.3) is 0 Å². The molecular formula is C26H33FN2O4S. The molecule has 0 saturated heterocycles. The smallest absolute Gasteiger partial charge is 0.247 e. The second-order valence-electron chi connectivity index (χ2n) is 8.92. The van der Waals surface area contributed by atoms with E-state index in [2.05, 4.69) is 23.7 Å². The van der Waals surface area contributed by atoms with Gasteiger partial charge in [-0.3, -0.25) is 0 Å². The third-order valence-corrected chi connectivity index (χ3v) is 7.96. The summed E-state index contributed by atoms with van der Waals surface area (Å²) < 4.78 is 48.2. The molecule has 184 valence electrons. The summed E-state index contributed by atoms with van der Waals surface area (Å²) in [5.74, 6) is 5.65. The molecule has 0 aromatic heterocycles. The highest BCUT2D eigenvalue weighted by Crippen LogP contribution is 2.34. The number of aliphatic hydroxyl groups excluding tert-OH is 1. The molecule has 0 aliphatic carbocycles. The van der Waals surface area contributed by atoms with Crippen molar-refractivity contribution >= 4 is 10.0 Å². The number of aliphatic hydroxyl groups is 1. The first-order valence-corrected chi connectivity index (χ1v) is 13.0. The fourth-order valence-electron chi connectivity index (χ4n) is 4.01. The molecule has 0 amide bonds. The maximum Gasteiger partial charge on any atom is 0.247 e.